The molecule has 14 heavy (non-hydrogen) atoms. The molecular weight excluding hydrogens is 181 g/mol. The minimum atomic E-state index is -0.300. The van der Waals surface area contributed by atoms with Crippen molar-refractivity contribution in [1.82, 2.24) is 5.32 Å². The summed E-state index contributed by atoms with van der Waals surface area (Å²) in [7, 11) is 1.82. The van der Waals surface area contributed by atoms with Gasteiger partial charge in [0.05, 0.1) is 6.10 Å². The molecule has 78 valence electrons. The van der Waals surface area contributed by atoms with Crippen LogP contribution in [0, 0.1) is 5.82 Å². The van der Waals surface area contributed by atoms with Crippen molar-refractivity contribution in [1.29, 1.82) is 0 Å². The summed E-state index contributed by atoms with van der Waals surface area (Å²) in [6, 6.07) is 4.96. The minimum Gasteiger partial charge on any atom is -0.488 e. The van der Waals surface area contributed by atoms with Gasteiger partial charge in [-0.05, 0) is 27.0 Å². The first-order valence-electron chi connectivity index (χ1n) is 4.73. The van der Waals surface area contributed by atoms with Crippen molar-refractivity contribution in [3.05, 3.63) is 29.6 Å². The molecule has 0 saturated heterocycles. The number of rotatable bonds is 4. The van der Waals surface area contributed by atoms with Crippen LogP contribution in [0.3, 0.4) is 0 Å². The van der Waals surface area contributed by atoms with Gasteiger partial charge in [0.1, 0.15) is 0 Å². The Labute approximate surface area is 84.1 Å². The van der Waals surface area contributed by atoms with Crippen molar-refractivity contribution in [3.63, 3.8) is 0 Å². The standard InChI is InChI=1S/C11H16FNO/c1-8(2)14-11-9(7-13-3)5-4-6-10(11)12/h4-6,8,13H,7H2,1-3H3. The van der Waals surface area contributed by atoms with Crippen LogP contribution in [0.4, 0.5) is 4.39 Å². The Morgan fingerprint density at radius 2 is 2.14 bits per heavy atom. The van der Waals surface area contributed by atoms with E-state index in [1.54, 1.807) is 6.07 Å². The lowest BCUT2D eigenvalue weighted by atomic mass is 10.2. The monoisotopic (exact) mass is 197 g/mol. The summed E-state index contributed by atoms with van der Waals surface area (Å²) < 4.78 is 18.8. The Hall–Kier alpha value is -1.09. The summed E-state index contributed by atoms with van der Waals surface area (Å²) in [5, 5.41) is 2.98. The highest BCUT2D eigenvalue weighted by atomic mass is 19.1. The third-order valence-corrected chi connectivity index (χ3v) is 1.77. The van der Waals surface area contributed by atoms with Crippen molar-refractivity contribution in [2.45, 2.75) is 26.5 Å². The van der Waals surface area contributed by atoms with Crippen molar-refractivity contribution >= 4 is 0 Å². The van der Waals surface area contributed by atoms with Crippen LogP contribution in [-0.4, -0.2) is 13.2 Å². The molecule has 0 bridgehead atoms. The lowest BCUT2D eigenvalue weighted by Gasteiger charge is -2.14. The molecule has 0 amide bonds. The number of benzene rings is 1. The van der Waals surface area contributed by atoms with Gasteiger partial charge in [-0.3, -0.25) is 0 Å². The summed E-state index contributed by atoms with van der Waals surface area (Å²) in [6.45, 7) is 4.38. The fourth-order valence-electron chi connectivity index (χ4n) is 1.25. The van der Waals surface area contributed by atoms with Gasteiger partial charge in [0.15, 0.2) is 11.6 Å². The maximum absolute atomic E-state index is 13.4. The van der Waals surface area contributed by atoms with E-state index < -0.39 is 0 Å². The van der Waals surface area contributed by atoms with E-state index in [1.165, 1.54) is 6.07 Å². The minimum absolute atomic E-state index is 0.0116. The number of para-hydroxylation sites is 1. The van der Waals surface area contributed by atoms with Gasteiger partial charge in [-0.2, -0.15) is 0 Å². The summed E-state index contributed by atoms with van der Waals surface area (Å²) in [4.78, 5) is 0. The van der Waals surface area contributed by atoms with E-state index in [1.807, 2.05) is 27.0 Å². The second-order valence-electron chi connectivity index (χ2n) is 3.43. The highest BCUT2D eigenvalue weighted by molar-refractivity contribution is 5.35. The van der Waals surface area contributed by atoms with Gasteiger partial charge < -0.3 is 10.1 Å². The highest BCUT2D eigenvalue weighted by Gasteiger charge is 2.10. The van der Waals surface area contributed by atoms with Crippen LogP contribution in [0.15, 0.2) is 18.2 Å². The molecule has 0 spiro atoms. The van der Waals surface area contributed by atoms with E-state index in [0.29, 0.717) is 12.3 Å². The van der Waals surface area contributed by atoms with E-state index in [4.69, 9.17) is 4.74 Å². The summed E-state index contributed by atoms with van der Waals surface area (Å²) in [5.74, 6) is 0.0586. The quantitative estimate of drug-likeness (QED) is 0.799. The topological polar surface area (TPSA) is 21.3 Å². The second-order valence-corrected chi connectivity index (χ2v) is 3.43. The van der Waals surface area contributed by atoms with Crippen LogP contribution >= 0.6 is 0 Å². The molecular formula is C11H16FNO. The third-order valence-electron chi connectivity index (χ3n) is 1.77. The molecule has 3 heteroatoms. The first-order chi connectivity index (χ1) is 6.65. The number of halogens is 1. The number of hydrogen-bond acceptors (Lipinski definition) is 2. The van der Waals surface area contributed by atoms with Crippen molar-refractivity contribution < 1.29 is 9.13 Å². The predicted octanol–water partition coefficient (Wildman–Crippen LogP) is 2.33. The first kappa shape index (κ1) is 11.0. The van der Waals surface area contributed by atoms with Gasteiger partial charge in [-0.15, -0.1) is 0 Å². The zero-order valence-electron chi connectivity index (χ0n) is 8.80. The first-order valence-corrected chi connectivity index (χ1v) is 4.73. The number of nitrogens with one attached hydrogen (secondary N) is 1. The maximum atomic E-state index is 13.4. The average molecular weight is 197 g/mol. The normalized spacial score (nSPS) is 10.6. The van der Waals surface area contributed by atoms with Crippen LogP contribution in [0.25, 0.3) is 0 Å². The van der Waals surface area contributed by atoms with Crippen LogP contribution in [-0.2, 0) is 6.54 Å². The molecule has 0 fully saturated rings. The van der Waals surface area contributed by atoms with Gasteiger partial charge in [-0.25, -0.2) is 4.39 Å². The van der Waals surface area contributed by atoms with E-state index in [-0.39, 0.29) is 11.9 Å². The van der Waals surface area contributed by atoms with Crippen molar-refractivity contribution in [2.75, 3.05) is 7.05 Å². The molecule has 0 atom stereocenters. The Morgan fingerprint density at radius 3 is 2.71 bits per heavy atom. The lowest BCUT2D eigenvalue weighted by Crippen LogP contribution is -2.12. The van der Waals surface area contributed by atoms with Gasteiger partial charge in [0, 0.05) is 12.1 Å². The largest absolute Gasteiger partial charge is 0.488 e. The number of ether oxygens (including phenoxy) is 1. The molecule has 0 aliphatic heterocycles. The molecule has 0 unspecified atom stereocenters. The van der Waals surface area contributed by atoms with Gasteiger partial charge >= 0.3 is 0 Å². The highest BCUT2D eigenvalue weighted by Crippen LogP contribution is 2.23. The molecule has 0 aliphatic rings. The van der Waals surface area contributed by atoms with E-state index in [9.17, 15) is 4.39 Å². The Kier molecular flexibility index (Phi) is 3.89. The van der Waals surface area contributed by atoms with Crippen molar-refractivity contribution in [3.8, 4) is 5.75 Å². The fourth-order valence-corrected chi connectivity index (χ4v) is 1.25. The van der Waals surface area contributed by atoms with E-state index in [0.717, 1.165) is 5.56 Å². The zero-order valence-corrected chi connectivity index (χ0v) is 8.80. The Balaban J connectivity index is 2.96. The molecule has 1 aromatic carbocycles. The maximum Gasteiger partial charge on any atom is 0.165 e. The molecule has 0 radical (unpaired) electrons. The van der Waals surface area contributed by atoms with Crippen molar-refractivity contribution in [2.24, 2.45) is 0 Å². The summed E-state index contributed by atoms with van der Waals surface area (Å²) in [5.41, 5.74) is 0.848. The fraction of sp³-hybridized carbons (Fsp3) is 0.455. The molecule has 2 nitrogen and oxygen atoms in total. The smallest absolute Gasteiger partial charge is 0.165 e. The molecule has 1 aromatic rings. The Morgan fingerprint density at radius 1 is 1.43 bits per heavy atom. The molecule has 1 N–H and O–H groups in total. The van der Waals surface area contributed by atoms with Crippen LogP contribution < -0.4 is 10.1 Å². The van der Waals surface area contributed by atoms with Gasteiger partial charge in [-0.1, -0.05) is 12.1 Å². The van der Waals surface area contributed by atoms with Crippen LogP contribution in [0.2, 0.25) is 0 Å². The van der Waals surface area contributed by atoms with E-state index >= 15 is 0 Å². The van der Waals surface area contributed by atoms with Crippen LogP contribution in [0.1, 0.15) is 19.4 Å². The second kappa shape index (κ2) is 4.96. The SMILES string of the molecule is CNCc1cccc(F)c1OC(C)C. The third kappa shape index (κ3) is 2.70. The molecule has 0 heterocycles. The van der Waals surface area contributed by atoms with Gasteiger partial charge in [0.25, 0.3) is 0 Å². The molecule has 0 saturated carbocycles. The number of hydrogen-bond donors (Lipinski definition) is 1. The molecule has 1 rings (SSSR count). The molecule has 0 aromatic heterocycles. The molecule has 0 aliphatic carbocycles. The van der Waals surface area contributed by atoms with Crippen LogP contribution in [0.5, 0.6) is 5.75 Å². The predicted molar refractivity (Wildman–Crippen MR) is 54.9 cm³/mol. The Bertz CT molecular complexity index is 299. The lowest BCUT2D eigenvalue weighted by molar-refractivity contribution is 0.228. The summed E-state index contributed by atoms with van der Waals surface area (Å²) in [6.07, 6.45) is -0.0116. The average Bonchev–Trinajstić information content (AvgIpc) is 2.11. The zero-order chi connectivity index (χ0) is 10.6. The summed E-state index contributed by atoms with van der Waals surface area (Å²) >= 11 is 0. The van der Waals surface area contributed by atoms with Gasteiger partial charge in [0.2, 0.25) is 0 Å². The van der Waals surface area contributed by atoms with E-state index in [2.05, 4.69) is 5.32 Å².